The maximum atomic E-state index is 10.8. The molecule has 1 aliphatic rings. The van der Waals surface area contributed by atoms with Crippen molar-refractivity contribution in [2.75, 3.05) is 6.61 Å². The Hall–Kier alpha value is -3.07. The van der Waals surface area contributed by atoms with E-state index in [1.165, 1.54) is 40.7 Å². The molecule has 3 aromatic carbocycles. The summed E-state index contributed by atoms with van der Waals surface area (Å²) < 4.78 is 6.28. The lowest BCUT2D eigenvalue weighted by Gasteiger charge is -2.42. The van der Waals surface area contributed by atoms with Gasteiger partial charge in [-0.2, -0.15) is 0 Å². The Kier molecular flexibility index (Phi) is 7.35. The molecule has 1 N–H and O–H groups in total. The van der Waals surface area contributed by atoms with Gasteiger partial charge in [0.25, 0.3) is 0 Å². The van der Waals surface area contributed by atoms with Crippen LogP contribution in [0.25, 0.3) is 22.3 Å². The summed E-state index contributed by atoms with van der Waals surface area (Å²) in [5, 5.41) is 8.85. The molecule has 0 aromatic heterocycles. The lowest BCUT2D eigenvalue weighted by Crippen LogP contribution is -2.33. The number of carbonyl (C=O) groups is 1. The van der Waals surface area contributed by atoms with Crippen LogP contribution in [-0.4, -0.2) is 17.7 Å². The Morgan fingerprint density at radius 2 is 1.46 bits per heavy atom. The zero-order valence-electron chi connectivity index (χ0n) is 21.6. The fraction of sp³-hybridized carbons (Fsp3) is 0.406. The van der Waals surface area contributed by atoms with Crippen molar-refractivity contribution in [1.29, 1.82) is 0 Å². The Morgan fingerprint density at radius 3 is 2.17 bits per heavy atom. The van der Waals surface area contributed by atoms with Crippen LogP contribution in [0.2, 0.25) is 0 Å². The first-order valence-corrected chi connectivity index (χ1v) is 12.9. The first-order chi connectivity index (χ1) is 16.7. The second kappa shape index (κ2) is 10.3. The predicted octanol–water partition coefficient (Wildman–Crippen LogP) is 8.39. The third-order valence-electron chi connectivity index (χ3n) is 7.54. The Labute approximate surface area is 210 Å². The summed E-state index contributed by atoms with van der Waals surface area (Å²) in [4.78, 5) is 10.8. The molecule has 4 rings (SSSR count). The highest BCUT2D eigenvalue weighted by molar-refractivity contribution is 5.78. The Balaban J connectivity index is 1.68. The molecule has 0 saturated carbocycles. The van der Waals surface area contributed by atoms with Crippen LogP contribution in [0.1, 0.15) is 77.3 Å². The largest absolute Gasteiger partial charge is 0.493 e. The average molecular weight is 471 g/mol. The van der Waals surface area contributed by atoms with Gasteiger partial charge in [0.15, 0.2) is 0 Å². The number of rotatable bonds is 9. The fourth-order valence-electron chi connectivity index (χ4n) is 5.19. The first-order valence-electron chi connectivity index (χ1n) is 12.9. The number of carboxylic acid groups (broad SMARTS) is 1. The first kappa shape index (κ1) is 25.0. The molecule has 0 aliphatic heterocycles. The van der Waals surface area contributed by atoms with E-state index in [1.54, 1.807) is 0 Å². The maximum Gasteiger partial charge on any atom is 0.303 e. The summed E-state index contributed by atoms with van der Waals surface area (Å²) in [5.41, 5.74) is 7.88. The number of aliphatic carboxylic acids is 1. The summed E-state index contributed by atoms with van der Waals surface area (Å²) in [5.74, 6) is 0.152. The number of hydrogen-bond acceptors (Lipinski definition) is 2. The third kappa shape index (κ3) is 5.78. The minimum Gasteiger partial charge on any atom is -0.493 e. The van der Waals surface area contributed by atoms with Crippen LogP contribution in [-0.2, 0) is 15.6 Å². The van der Waals surface area contributed by atoms with Crippen LogP contribution in [0.15, 0.2) is 66.7 Å². The molecule has 0 unspecified atom stereocenters. The van der Waals surface area contributed by atoms with Gasteiger partial charge in [-0.3, -0.25) is 4.79 Å². The molecule has 0 atom stereocenters. The molecule has 1 aliphatic carbocycles. The van der Waals surface area contributed by atoms with Crippen LogP contribution in [0.3, 0.4) is 0 Å². The molecule has 3 heteroatoms. The summed E-state index contributed by atoms with van der Waals surface area (Å²) in [6, 6.07) is 23.9. The van der Waals surface area contributed by atoms with Gasteiger partial charge >= 0.3 is 5.97 Å². The molecule has 0 bridgehead atoms. The molecule has 184 valence electrons. The summed E-state index contributed by atoms with van der Waals surface area (Å²) >= 11 is 0. The molecule has 0 spiro atoms. The molecule has 3 aromatic rings. The van der Waals surface area contributed by atoms with E-state index in [1.807, 2.05) is 6.07 Å². The van der Waals surface area contributed by atoms with E-state index in [-0.39, 0.29) is 17.3 Å². The van der Waals surface area contributed by atoms with Gasteiger partial charge in [-0.1, -0.05) is 82.3 Å². The van der Waals surface area contributed by atoms with Gasteiger partial charge in [0, 0.05) is 12.0 Å². The molecule has 0 fully saturated rings. The van der Waals surface area contributed by atoms with Gasteiger partial charge in [0.05, 0.1) is 6.61 Å². The van der Waals surface area contributed by atoms with Crippen molar-refractivity contribution in [3.05, 3.63) is 77.9 Å². The highest BCUT2D eigenvalue weighted by atomic mass is 16.5. The quantitative estimate of drug-likeness (QED) is 0.319. The van der Waals surface area contributed by atoms with Crippen LogP contribution in [0, 0.1) is 0 Å². The second-order valence-electron chi connectivity index (χ2n) is 11.2. The fourth-order valence-corrected chi connectivity index (χ4v) is 5.19. The van der Waals surface area contributed by atoms with E-state index in [4.69, 9.17) is 9.84 Å². The number of fused-ring (bicyclic) bond motifs is 1. The molecule has 0 radical (unpaired) electrons. The zero-order valence-corrected chi connectivity index (χ0v) is 21.6. The minimum atomic E-state index is -0.733. The van der Waals surface area contributed by atoms with Crippen molar-refractivity contribution in [3.8, 4) is 28.0 Å². The summed E-state index contributed by atoms with van der Waals surface area (Å²) in [6.45, 7) is 10.0. The minimum absolute atomic E-state index is 0.142. The highest BCUT2D eigenvalue weighted by Crippen LogP contribution is 2.47. The molecule has 0 saturated heterocycles. The van der Waals surface area contributed by atoms with Crippen LogP contribution in [0.5, 0.6) is 5.75 Å². The summed E-state index contributed by atoms with van der Waals surface area (Å²) in [6.07, 6.45) is 4.99. The molecular formula is C32H38O3. The van der Waals surface area contributed by atoms with Gasteiger partial charge in [-0.05, 0) is 82.9 Å². The van der Waals surface area contributed by atoms with Crippen molar-refractivity contribution in [2.24, 2.45) is 0 Å². The SMILES string of the molecule is CC1(C)CCC(C)(C)c2cc(-c3cc(-c4ccccc4)ccc3OCCCCCC(=O)O)ccc21. The van der Waals surface area contributed by atoms with Crippen molar-refractivity contribution in [2.45, 2.75) is 77.0 Å². The van der Waals surface area contributed by atoms with Crippen molar-refractivity contribution >= 4 is 5.97 Å². The third-order valence-corrected chi connectivity index (χ3v) is 7.54. The number of ether oxygens (including phenoxy) is 1. The van der Waals surface area contributed by atoms with E-state index < -0.39 is 5.97 Å². The van der Waals surface area contributed by atoms with Gasteiger partial charge in [0.1, 0.15) is 5.75 Å². The van der Waals surface area contributed by atoms with Crippen LogP contribution < -0.4 is 4.74 Å². The lowest BCUT2D eigenvalue weighted by molar-refractivity contribution is -0.137. The molecular weight excluding hydrogens is 432 g/mol. The van der Waals surface area contributed by atoms with Crippen LogP contribution in [0.4, 0.5) is 0 Å². The lowest BCUT2D eigenvalue weighted by atomic mass is 9.63. The second-order valence-corrected chi connectivity index (χ2v) is 11.2. The van der Waals surface area contributed by atoms with Gasteiger partial charge in [-0.15, -0.1) is 0 Å². The van der Waals surface area contributed by atoms with Gasteiger partial charge in [-0.25, -0.2) is 0 Å². The van der Waals surface area contributed by atoms with E-state index in [9.17, 15) is 4.79 Å². The van der Waals surface area contributed by atoms with Crippen molar-refractivity contribution in [1.82, 2.24) is 0 Å². The number of hydrogen-bond donors (Lipinski definition) is 1. The van der Waals surface area contributed by atoms with E-state index >= 15 is 0 Å². The Morgan fingerprint density at radius 1 is 0.771 bits per heavy atom. The number of carboxylic acids is 1. The highest BCUT2D eigenvalue weighted by Gasteiger charge is 2.37. The van der Waals surface area contributed by atoms with Gasteiger partial charge < -0.3 is 9.84 Å². The van der Waals surface area contributed by atoms with Crippen LogP contribution >= 0.6 is 0 Å². The normalized spacial score (nSPS) is 15.9. The molecule has 0 amide bonds. The summed E-state index contributed by atoms with van der Waals surface area (Å²) in [7, 11) is 0. The van der Waals surface area contributed by atoms with Crippen molar-refractivity contribution < 1.29 is 14.6 Å². The average Bonchev–Trinajstić information content (AvgIpc) is 2.84. The molecule has 35 heavy (non-hydrogen) atoms. The van der Waals surface area contributed by atoms with E-state index in [2.05, 4.69) is 88.4 Å². The zero-order chi connectivity index (χ0) is 25.1. The predicted molar refractivity (Wildman–Crippen MR) is 144 cm³/mol. The molecule has 3 nitrogen and oxygen atoms in total. The van der Waals surface area contributed by atoms with Crippen molar-refractivity contribution in [3.63, 3.8) is 0 Å². The Bertz CT molecular complexity index is 1170. The molecule has 0 heterocycles. The topological polar surface area (TPSA) is 46.5 Å². The van der Waals surface area contributed by atoms with E-state index in [0.717, 1.165) is 24.2 Å². The van der Waals surface area contributed by atoms with E-state index in [0.29, 0.717) is 13.0 Å². The monoisotopic (exact) mass is 470 g/mol. The van der Waals surface area contributed by atoms with Gasteiger partial charge in [0.2, 0.25) is 0 Å². The number of benzene rings is 3. The standard InChI is InChI=1S/C32H38O3/c1-31(2)18-19-32(3,4)28-22-25(14-16-27(28)31)26-21-24(23-11-7-5-8-12-23)15-17-29(26)35-20-10-6-9-13-30(33)34/h5,7-8,11-12,14-17,21-22H,6,9-10,13,18-20H2,1-4H3,(H,33,34). The smallest absolute Gasteiger partial charge is 0.303 e. The maximum absolute atomic E-state index is 10.8. The number of unbranched alkanes of at least 4 members (excludes halogenated alkanes) is 2.